The van der Waals surface area contributed by atoms with Gasteiger partial charge in [-0.2, -0.15) is 0 Å². The van der Waals surface area contributed by atoms with E-state index in [1.165, 1.54) is 0 Å². The second kappa shape index (κ2) is 7.08. The maximum Gasteiger partial charge on any atom is 0.239 e. The molecule has 3 N–H and O–H groups in total. The van der Waals surface area contributed by atoms with Gasteiger partial charge in [0.1, 0.15) is 5.75 Å². The summed E-state index contributed by atoms with van der Waals surface area (Å²) in [7, 11) is 0. The van der Waals surface area contributed by atoms with E-state index in [9.17, 15) is 9.59 Å². The van der Waals surface area contributed by atoms with Crippen LogP contribution in [-0.4, -0.2) is 25.0 Å². The van der Waals surface area contributed by atoms with Gasteiger partial charge in [0, 0.05) is 18.7 Å². The SMILES string of the molecule is CCCCOc1ccc(N2CC(C(=O)NN)CC2=O)cc1. The standard InChI is InChI=1S/C15H21N3O3/c1-2-3-8-21-13-6-4-12(5-7-13)18-10-11(9-14(18)19)15(20)17-16/h4-7,11H,2-3,8-10,16H2,1H3,(H,17,20). The molecule has 1 heterocycles. The third kappa shape index (κ3) is 3.72. The highest BCUT2D eigenvalue weighted by Gasteiger charge is 2.34. The van der Waals surface area contributed by atoms with Gasteiger partial charge in [0.05, 0.1) is 12.5 Å². The maximum atomic E-state index is 12.0. The fraction of sp³-hybridized carbons (Fsp3) is 0.467. The van der Waals surface area contributed by atoms with Crippen molar-refractivity contribution in [2.75, 3.05) is 18.1 Å². The van der Waals surface area contributed by atoms with E-state index in [4.69, 9.17) is 10.6 Å². The number of benzene rings is 1. The first kappa shape index (κ1) is 15.3. The second-order valence-electron chi connectivity index (χ2n) is 5.11. The Morgan fingerprint density at radius 1 is 1.43 bits per heavy atom. The van der Waals surface area contributed by atoms with Crippen molar-refractivity contribution in [3.8, 4) is 5.75 Å². The van der Waals surface area contributed by atoms with Crippen LogP contribution < -0.4 is 20.9 Å². The van der Waals surface area contributed by atoms with Gasteiger partial charge in [0.2, 0.25) is 11.8 Å². The Hall–Kier alpha value is -2.08. The third-order valence-electron chi connectivity index (χ3n) is 3.55. The predicted molar refractivity (Wildman–Crippen MR) is 79.6 cm³/mol. The number of anilines is 1. The minimum absolute atomic E-state index is 0.0664. The maximum absolute atomic E-state index is 12.0. The van der Waals surface area contributed by atoms with Crippen LogP contribution in [-0.2, 0) is 9.59 Å². The molecule has 1 atom stereocenters. The van der Waals surface area contributed by atoms with Crippen LogP contribution in [0.2, 0.25) is 0 Å². The Bertz CT molecular complexity index is 501. The lowest BCUT2D eigenvalue weighted by atomic mass is 10.1. The number of unbranched alkanes of at least 4 members (excludes halogenated alkanes) is 1. The zero-order chi connectivity index (χ0) is 15.2. The van der Waals surface area contributed by atoms with Gasteiger partial charge in [-0.05, 0) is 30.7 Å². The average molecular weight is 291 g/mol. The number of nitrogens with zero attached hydrogens (tertiary/aromatic N) is 1. The van der Waals surface area contributed by atoms with E-state index < -0.39 is 0 Å². The number of rotatable bonds is 6. The van der Waals surface area contributed by atoms with Crippen LogP contribution in [0.5, 0.6) is 5.75 Å². The number of hydrogen-bond acceptors (Lipinski definition) is 4. The summed E-state index contributed by atoms with van der Waals surface area (Å²) in [5.41, 5.74) is 2.87. The normalized spacial score (nSPS) is 17.9. The van der Waals surface area contributed by atoms with Crippen LogP contribution in [0.15, 0.2) is 24.3 Å². The minimum Gasteiger partial charge on any atom is -0.494 e. The highest BCUT2D eigenvalue weighted by atomic mass is 16.5. The Labute approximate surface area is 124 Å². The van der Waals surface area contributed by atoms with Crippen molar-refractivity contribution >= 4 is 17.5 Å². The first-order valence-electron chi connectivity index (χ1n) is 7.19. The summed E-state index contributed by atoms with van der Waals surface area (Å²) in [6.45, 7) is 3.16. The molecule has 0 radical (unpaired) electrons. The molecule has 1 fully saturated rings. The van der Waals surface area contributed by atoms with E-state index in [-0.39, 0.29) is 24.2 Å². The van der Waals surface area contributed by atoms with Gasteiger partial charge >= 0.3 is 0 Å². The van der Waals surface area contributed by atoms with Gasteiger partial charge in [-0.1, -0.05) is 13.3 Å². The summed E-state index contributed by atoms with van der Waals surface area (Å²) < 4.78 is 5.58. The van der Waals surface area contributed by atoms with Crippen molar-refractivity contribution in [1.82, 2.24) is 5.43 Å². The van der Waals surface area contributed by atoms with Crippen molar-refractivity contribution in [3.63, 3.8) is 0 Å². The number of amides is 2. The van der Waals surface area contributed by atoms with Gasteiger partial charge in [-0.3, -0.25) is 15.0 Å². The van der Waals surface area contributed by atoms with Crippen LogP contribution in [0.3, 0.4) is 0 Å². The molecular formula is C15H21N3O3. The molecule has 1 saturated heterocycles. The van der Waals surface area contributed by atoms with Crippen molar-refractivity contribution < 1.29 is 14.3 Å². The van der Waals surface area contributed by atoms with E-state index in [0.717, 1.165) is 24.3 Å². The molecule has 2 amide bonds. The summed E-state index contributed by atoms with van der Waals surface area (Å²) in [5.74, 6) is 5.15. The molecular weight excluding hydrogens is 270 g/mol. The van der Waals surface area contributed by atoms with E-state index in [1.54, 1.807) is 4.90 Å². The van der Waals surface area contributed by atoms with Gasteiger partial charge in [0.25, 0.3) is 0 Å². The van der Waals surface area contributed by atoms with E-state index in [1.807, 2.05) is 24.3 Å². The Balaban J connectivity index is 1.98. The fourth-order valence-electron chi connectivity index (χ4n) is 2.31. The zero-order valence-corrected chi connectivity index (χ0v) is 12.2. The number of hydrogen-bond donors (Lipinski definition) is 2. The molecule has 1 aromatic carbocycles. The first-order valence-corrected chi connectivity index (χ1v) is 7.19. The highest BCUT2D eigenvalue weighted by Crippen LogP contribution is 2.26. The summed E-state index contributed by atoms with van der Waals surface area (Å²) >= 11 is 0. The minimum atomic E-state index is -0.386. The number of nitrogens with one attached hydrogen (secondary N) is 1. The highest BCUT2D eigenvalue weighted by molar-refractivity contribution is 6.00. The zero-order valence-electron chi connectivity index (χ0n) is 12.2. The lowest BCUT2D eigenvalue weighted by molar-refractivity contribution is -0.126. The summed E-state index contributed by atoms with van der Waals surface area (Å²) in [6.07, 6.45) is 2.30. The van der Waals surface area contributed by atoms with Gasteiger partial charge < -0.3 is 9.64 Å². The van der Waals surface area contributed by atoms with Crippen molar-refractivity contribution in [1.29, 1.82) is 0 Å². The van der Waals surface area contributed by atoms with Gasteiger partial charge in [0.15, 0.2) is 0 Å². The molecule has 2 rings (SSSR count). The Morgan fingerprint density at radius 3 is 2.76 bits per heavy atom. The molecule has 0 spiro atoms. The predicted octanol–water partition coefficient (Wildman–Crippen LogP) is 1.21. The molecule has 6 nitrogen and oxygen atoms in total. The molecule has 21 heavy (non-hydrogen) atoms. The molecule has 1 aromatic rings. The summed E-state index contributed by atoms with van der Waals surface area (Å²) in [6, 6.07) is 7.35. The van der Waals surface area contributed by atoms with Crippen LogP contribution in [0.4, 0.5) is 5.69 Å². The lowest BCUT2D eigenvalue weighted by Crippen LogP contribution is -2.37. The topological polar surface area (TPSA) is 84.7 Å². The molecule has 0 saturated carbocycles. The smallest absolute Gasteiger partial charge is 0.239 e. The van der Waals surface area contributed by atoms with Crippen LogP contribution in [0.25, 0.3) is 0 Å². The largest absolute Gasteiger partial charge is 0.494 e. The summed E-state index contributed by atoms with van der Waals surface area (Å²) in [5, 5.41) is 0. The molecule has 1 aliphatic heterocycles. The van der Waals surface area contributed by atoms with Crippen LogP contribution in [0, 0.1) is 5.92 Å². The number of carbonyl (C=O) groups is 2. The Kier molecular flexibility index (Phi) is 5.16. The molecule has 0 aromatic heterocycles. The average Bonchev–Trinajstić information content (AvgIpc) is 2.89. The van der Waals surface area contributed by atoms with E-state index in [2.05, 4.69) is 12.3 Å². The number of hydrazine groups is 1. The molecule has 0 bridgehead atoms. The molecule has 6 heteroatoms. The number of nitrogens with two attached hydrogens (primary N) is 1. The van der Waals surface area contributed by atoms with Crippen molar-refractivity contribution in [2.24, 2.45) is 11.8 Å². The number of ether oxygens (including phenoxy) is 1. The second-order valence-corrected chi connectivity index (χ2v) is 5.11. The van der Waals surface area contributed by atoms with Gasteiger partial charge in [-0.25, -0.2) is 5.84 Å². The molecule has 0 aliphatic carbocycles. The Morgan fingerprint density at radius 2 is 2.14 bits per heavy atom. The van der Waals surface area contributed by atoms with E-state index in [0.29, 0.717) is 13.2 Å². The molecule has 1 unspecified atom stereocenters. The van der Waals surface area contributed by atoms with E-state index >= 15 is 0 Å². The molecule has 114 valence electrons. The van der Waals surface area contributed by atoms with Gasteiger partial charge in [-0.15, -0.1) is 0 Å². The quantitative estimate of drug-likeness (QED) is 0.357. The molecule has 1 aliphatic rings. The third-order valence-corrected chi connectivity index (χ3v) is 3.55. The first-order chi connectivity index (χ1) is 10.2. The fourth-order valence-corrected chi connectivity index (χ4v) is 2.31. The summed E-state index contributed by atoms with van der Waals surface area (Å²) in [4.78, 5) is 25.1. The monoisotopic (exact) mass is 291 g/mol. The lowest BCUT2D eigenvalue weighted by Gasteiger charge is -2.17. The van der Waals surface area contributed by atoms with Crippen molar-refractivity contribution in [3.05, 3.63) is 24.3 Å². The number of carbonyl (C=O) groups excluding carboxylic acids is 2. The van der Waals surface area contributed by atoms with Crippen LogP contribution in [0.1, 0.15) is 26.2 Å². The van der Waals surface area contributed by atoms with Crippen LogP contribution >= 0.6 is 0 Å². The van der Waals surface area contributed by atoms with Crippen molar-refractivity contribution in [2.45, 2.75) is 26.2 Å².